The Balaban J connectivity index is 1.93. The molecule has 6 heteroatoms. The van der Waals surface area contributed by atoms with E-state index >= 15 is 0 Å². The molecule has 0 unspecified atom stereocenters. The lowest BCUT2D eigenvalue weighted by Gasteiger charge is -2.19. The molecule has 0 saturated heterocycles. The first-order chi connectivity index (χ1) is 10.1. The van der Waals surface area contributed by atoms with Crippen LogP contribution in [0.5, 0.6) is 5.75 Å². The van der Waals surface area contributed by atoms with Gasteiger partial charge in [-0.05, 0) is 23.6 Å². The van der Waals surface area contributed by atoms with Crippen molar-refractivity contribution in [1.82, 2.24) is 4.72 Å². The van der Waals surface area contributed by atoms with Gasteiger partial charge in [0.15, 0.2) is 5.75 Å². The predicted molar refractivity (Wildman–Crippen MR) is 83.6 cm³/mol. The average Bonchev–Trinajstić information content (AvgIpc) is 2.89. The van der Waals surface area contributed by atoms with Crippen molar-refractivity contribution in [2.45, 2.75) is 6.54 Å². The van der Waals surface area contributed by atoms with Crippen LogP contribution in [0.15, 0.2) is 48.5 Å². The average molecular weight is 317 g/mol. The van der Waals surface area contributed by atoms with Crippen LogP contribution in [0.25, 0.3) is 20.5 Å². The molecule has 21 heavy (non-hydrogen) atoms. The highest BCUT2D eigenvalue weighted by Crippen LogP contribution is 2.41. The second-order valence-corrected chi connectivity index (χ2v) is 7.25. The normalized spacial score (nSPS) is 16.4. The molecule has 0 amide bonds. The predicted octanol–water partition coefficient (Wildman–Crippen LogP) is 3.30. The largest absolute Gasteiger partial charge is 0.382 e. The molecule has 3 aromatic rings. The molecule has 0 radical (unpaired) electrons. The first-order valence-corrected chi connectivity index (χ1v) is 8.65. The highest BCUT2D eigenvalue weighted by molar-refractivity contribution is 7.85. The van der Waals surface area contributed by atoms with E-state index < -0.39 is 10.3 Å². The number of hydrogen-bond acceptors (Lipinski definition) is 4. The van der Waals surface area contributed by atoms with Crippen LogP contribution in [0.1, 0.15) is 5.56 Å². The van der Waals surface area contributed by atoms with Gasteiger partial charge in [-0.25, -0.2) is 0 Å². The molecule has 0 atom stereocenters. The van der Waals surface area contributed by atoms with Crippen molar-refractivity contribution in [1.29, 1.82) is 0 Å². The number of thiophene rings is 1. The quantitative estimate of drug-likeness (QED) is 0.749. The van der Waals surface area contributed by atoms with Crippen molar-refractivity contribution in [2.75, 3.05) is 0 Å². The monoisotopic (exact) mass is 317 g/mol. The number of para-hydroxylation sites is 1. The Kier molecular flexibility index (Phi) is 2.78. The van der Waals surface area contributed by atoms with E-state index in [1.165, 1.54) is 4.70 Å². The summed E-state index contributed by atoms with van der Waals surface area (Å²) in [4.78, 5) is 1.00. The molecule has 0 aliphatic carbocycles. The molecule has 4 rings (SSSR count). The van der Waals surface area contributed by atoms with Crippen LogP contribution in [0, 0.1) is 0 Å². The summed E-state index contributed by atoms with van der Waals surface area (Å²) >= 11 is 1.63. The highest BCUT2D eigenvalue weighted by atomic mass is 32.2. The van der Waals surface area contributed by atoms with Crippen molar-refractivity contribution in [3.63, 3.8) is 0 Å². The Hall–Kier alpha value is -1.89. The van der Waals surface area contributed by atoms with Gasteiger partial charge in [-0.1, -0.05) is 30.3 Å². The molecule has 1 aliphatic heterocycles. The number of nitrogens with one attached hydrogen (secondary N) is 1. The third-order valence-electron chi connectivity index (χ3n) is 3.42. The van der Waals surface area contributed by atoms with Crippen LogP contribution in [-0.4, -0.2) is 8.42 Å². The molecule has 2 heterocycles. The van der Waals surface area contributed by atoms with Gasteiger partial charge in [-0.15, -0.1) is 11.3 Å². The summed E-state index contributed by atoms with van der Waals surface area (Å²) in [5.41, 5.74) is 1.67. The van der Waals surface area contributed by atoms with E-state index in [0.29, 0.717) is 5.75 Å². The summed E-state index contributed by atoms with van der Waals surface area (Å²) in [6, 6.07) is 15.8. The highest BCUT2D eigenvalue weighted by Gasteiger charge is 2.25. The van der Waals surface area contributed by atoms with E-state index in [-0.39, 0.29) is 6.54 Å². The Morgan fingerprint density at radius 3 is 2.81 bits per heavy atom. The molecule has 4 nitrogen and oxygen atoms in total. The van der Waals surface area contributed by atoms with Gasteiger partial charge < -0.3 is 4.18 Å². The summed E-state index contributed by atoms with van der Waals surface area (Å²) < 4.78 is 32.0. The molecule has 0 spiro atoms. The lowest BCUT2D eigenvalue weighted by molar-refractivity contribution is 0.454. The summed E-state index contributed by atoms with van der Waals surface area (Å²) in [5, 5.41) is 1.15. The van der Waals surface area contributed by atoms with Gasteiger partial charge in [0.2, 0.25) is 0 Å². The first-order valence-electron chi connectivity index (χ1n) is 6.42. The van der Waals surface area contributed by atoms with E-state index in [2.05, 4.69) is 16.9 Å². The standard InChI is InChI=1S/C15H11NO3S2/c17-21(18)16-9-11-5-3-6-12(15(11)19-21)14-8-10-4-1-2-7-13(10)20-14/h1-8,16H,9H2. The van der Waals surface area contributed by atoms with Gasteiger partial charge in [-0.3, -0.25) is 0 Å². The fourth-order valence-electron chi connectivity index (χ4n) is 2.44. The molecule has 1 N–H and O–H groups in total. The zero-order valence-corrected chi connectivity index (χ0v) is 12.5. The van der Waals surface area contributed by atoms with Crippen molar-refractivity contribution < 1.29 is 12.6 Å². The van der Waals surface area contributed by atoms with E-state index in [1.54, 1.807) is 11.3 Å². The van der Waals surface area contributed by atoms with Gasteiger partial charge in [0.25, 0.3) is 0 Å². The maximum Gasteiger partial charge on any atom is 0.382 e. The Bertz CT molecular complexity index is 911. The lowest BCUT2D eigenvalue weighted by atomic mass is 10.1. The summed E-state index contributed by atoms with van der Waals surface area (Å²) in [6.45, 7) is 0.260. The first kappa shape index (κ1) is 12.8. The fraction of sp³-hybridized carbons (Fsp3) is 0.0667. The van der Waals surface area contributed by atoms with Crippen LogP contribution in [0.4, 0.5) is 0 Å². The van der Waals surface area contributed by atoms with Crippen LogP contribution < -0.4 is 8.91 Å². The van der Waals surface area contributed by atoms with Gasteiger partial charge in [0, 0.05) is 27.2 Å². The Labute approximate surface area is 126 Å². The molecule has 0 fully saturated rings. The molecule has 1 aromatic heterocycles. The lowest BCUT2D eigenvalue weighted by Crippen LogP contribution is -2.32. The second-order valence-electron chi connectivity index (χ2n) is 4.80. The van der Waals surface area contributed by atoms with Crippen molar-refractivity contribution in [3.8, 4) is 16.2 Å². The zero-order chi connectivity index (χ0) is 14.4. The molecular formula is C15H11NO3S2. The van der Waals surface area contributed by atoms with Crippen molar-refractivity contribution in [3.05, 3.63) is 54.1 Å². The Morgan fingerprint density at radius 2 is 1.95 bits per heavy atom. The third kappa shape index (κ3) is 2.21. The molecule has 2 aromatic carbocycles. The molecular weight excluding hydrogens is 306 g/mol. The van der Waals surface area contributed by atoms with Crippen molar-refractivity contribution >= 4 is 31.7 Å². The molecule has 106 valence electrons. The minimum atomic E-state index is -3.70. The van der Waals surface area contributed by atoms with E-state index in [9.17, 15) is 8.42 Å². The van der Waals surface area contributed by atoms with Gasteiger partial charge >= 0.3 is 10.3 Å². The summed E-state index contributed by atoms with van der Waals surface area (Å²) in [7, 11) is -3.70. The van der Waals surface area contributed by atoms with Gasteiger partial charge in [0.05, 0.1) is 0 Å². The third-order valence-corrected chi connectivity index (χ3v) is 5.45. The van der Waals surface area contributed by atoms with E-state index in [1.807, 2.05) is 36.4 Å². The number of fused-ring (bicyclic) bond motifs is 2. The number of hydrogen-bond donors (Lipinski definition) is 1. The van der Waals surface area contributed by atoms with E-state index in [0.717, 1.165) is 21.4 Å². The van der Waals surface area contributed by atoms with Gasteiger partial charge in [0.1, 0.15) is 0 Å². The molecule has 0 saturated carbocycles. The minimum Gasteiger partial charge on any atom is -0.370 e. The maximum atomic E-state index is 11.6. The zero-order valence-electron chi connectivity index (χ0n) is 10.9. The smallest absolute Gasteiger partial charge is 0.370 e. The molecule has 0 bridgehead atoms. The van der Waals surface area contributed by atoms with Crippen LogP contribution in [0.3, 0.4) is 0 Å². The topological polar surface area (TPSA) is 55.4 Å². The fourth-order valence-corrected chi connectivity index (χ4v) is 4.33. The van der Waals surface area contributed by atoms with Crippen LogP contribution in [0.2, 0.25) is 0 Å². The maximum absolute atomic E-state index is 11.6. The number of rotatable bonds is 1. The SMILES string of the molecule is O=S1(=O)NCc2cccc(-c3cc4ccccc4s3)c2O1. The van der Waals surface area contributed by atoms with Crippen molar-refractivity contribution in [2.24, 2.45) is 0 Å². The minimum absolute atomic E-state index is 0.260. The second kappa shape index (κ2) is 4.56. The van der Waals surface area contributed by atoms with E-state index in [4.69, 9.17) is 4.18 Å². The molecule has 1 aliphatic rings. The van der Waals surface area contributed by atoms with Gasteiger partial charge in [-0.2, -0.15) is 13.1 Å². The van der Waals surface area contributed by atoms with Crippen LogP contribution >= 0.6 is 11.3 Å². The summed E-state index contributed by atoms with van der Waals surface area (Å²) in [5.74, 6) is 0.433. The Morgan fingerprint density at radius 1 is 1.10 bits per heavy atom. The number of benzene rings is 2. The summed E-state index contributed by atoms with van der Waals surface area (Å²) in [6.07, 6.45) is 0. The van der Waals surface area contributed by atoms with Crippen LogP contribution in [-0.2, 0) is 16.8 Å².